The molecule has 0 unspecified atom stereocenters. The predicted molar refractivity (Wildman–Crippen MR) is 153 cm³/mol. The lowest BCUT2D eigenvalue weighted by Gasteiger charge is -2.52. The van der Waals surface area contributed by atoms with Crippen LogP contribution in [-0.4, -0.2) is 18.0 Å². The molecule has 186 valence electrons. The Balaban J connectivity index is 1.51. The van der Waals surface area contributed by atoms with Crippen molar-refractivity contribution in [3.05, 3.63) is 129 Å². The lowest BCUT2D eigenvalue weighted by atomic mass is 9.47. The van der Waals surface area contributed by atoms with E-state index in [0.29, 0.717) is 5.69 Å². The number of hydrogen-bond acceptors (Lipinski definition) is 3. The second kappa shape index (κ2) is 8.34. The highest BCUT2D eigenvalue weighted by Crippen LogP contribution is 2.63. The Bertz CT molecular complexity index is 1630. The summed E-state index contributed by atoms with van der Waals surface area (Å²) in [6.07, 6.45) is 1.97. The van der Waals surface area contributed by atoms with Crippen molar-refractivity contribution in [2.45, 2.75) is 25.2 Å². The smallest absolute Gasteiger partial charge is 0.239 e. The van der Waals surface area contributed by atoms with Crippen molar-refractivity contribution in [2.24, 2.45) is 16.8 Å². The van der Waals surface area contributed by atoms with Crippen LogP contribution in [0, 0.1) is 25.7 Å². The second-order valence-electron chi connectivity index (χ2n) is 10.5. The minimum atomic E-state index is -0.861. The van der Waals surface area contributed by atoms with Gasteiger partial charge < -0.3 is 0 Å². The van der Waals surface area contributed by atoms with Gasteiger partial charge >= 0.3 is 0 Å². The third-order valence-corrected chi connectivity index (χ3v) is 9.28. The summed E-state index contributed by atoms with van der Waals surface area (Å²) in [6, 6.07) is 30.1. The quantitative estimate of drug-likeness (QED) is 0.199. The van der Waals surface area contributed by atoms with Crippen LogP contribution < -0.4 is 4.90 Å². The van der Waals surface area contributed by atoms with Crippen LogP contribution in [-0.2, 0) is 15.0 Å². The van der Waals surface area contributed by atoms with Crippen molar-refractivity contribution in [1.82, 2.24) is 0 Å². The van der Waals surface area contributed by atoms with Gasteiger partial charge in [0.05, 0.1) is 28.6 Å². The minimum Gasteiger partial charge on any atom is -0.274 e. The van der Waals surface area contributed by atoms with E-state index in [4.69, 9.17) is 4.99 Å². The van der Waals surface area contributed by atoms with Gasteiger partial charge in [-0.05, 0) is 77.6 Å². The summed E-state index contributed by atoms with van der Waals surface area (Å²) in [5.41, 5.74) is 7.24. The van der Waals surface area contributed by atoms with Crippen LogP contribution in [0.15, 0.2) is 100 Å². The van der Waals surface area contributed by atoms with Crippen molar-refractivity contribution in [3.63, 3.8) is 0 Å². The molecule has 3 aliphatic carbocycles. The van der Waals surface area contributed by atoms with Gasteiger partial charge in [0.1, 0.15) is 0 Å². The summed E-state index contributed by atoms with van der Waals surface area (Å²) in [5, 5.41) is 0. The first-order valence-corrected chi connectivity index (χ1v) is 13.7. The van der Waals surface area contributed by atoms with Crippen LogP contribution in [0.5, 0.6) is 0 Å². The molecule has 0 spiro atoms. The maximum Gasteiger partial charge on any atom is 0.239 e. The van der Waals surface area contributed by atoms with Crippen LogP contribution >= 0.6 is 15.9 Å². The van der Waals surface area contributed by atoms with Crippen molar-refractivity contribution < 1.29 is 9.59 Å². The molecule has 1 saturated heterocycles. The van der Waals surface area contributed by atoms with Gasteiger partial charge in [-0.1, -0.05) is 76.6 Å². The molecule has 1 fully saturated rings. The highest BCUT2D eigenvalue weighted by atomic mass is 79.9. The molecule has 4 aromatic carbocycles. The third kappa shape index (κ3) is 2.99. The number of amides is 2. The number of rotatable bonds is 3. The summed E-state index contributed by atoms with van der Waals surface area (Å²) >= 11 is 3.47. The second-order valence-corrected chi connectivity index (χ2v) is 11.4. The van der Waals surface area contributed by atoms with Gasteiger partial charge in [0.15, 0.2) is 0 Å². The van der Waals surface area contributed by atoms with E-state index < -0.39 is 17.3 Å². The highest BCUT2D eigenvalue weighted by Gasteiger charge is 2.67. The summed E-state index contributed by atoms with van der Waals surface area (Å²) in [6.45, 7) is 4.15. The van der Waals surface area contributed by atoms with Gasteiger partial charge in [-0.25, -0.2) is 4.90 Å². The zero-order chi connectivity index (χ0) is 26.2. The van der Waals surface area contributed by atoms with E-state index in [1.807, 2.05) is 66.9 Å². The number of aryl methyl sites for hydroxylation is 1. The Kier molecular flexibility index (Phi) is 5.11. The van der Waals surface area contributed by atoms with E-state index in [-0.39, 0.29) is 17.7 Å². The molecule has 0 radical (unpaired) electrons. The van der Waals surface area contributed by atoms with Crippen molar-refractivity contribution in [2.75, 3.05) is 4.90 Å². The molecule has 0 N–H and O–H groups in total. The molecule has 1 aliphatic heterocycles. The molecule has 1 heterocycles. The topological polar surface area (TPSA) is 49.7 Å². The largest absolute Gasteiger partial charge is 0.274 e. The lowest BCUT2D eigenvalue weighted by Crippen LogP contribution is -2.54. The van der Waals surface area contributed by atoms with E-state index in [1.54, 1.807) is 0 Å². The molecular formula is C33H25BrN2O2. The van der Waals surface area contributed by atoms with E-state index in [2.05, 4.69) is 60.1 Å². The Labute approximate surface area is 230 Å². The van der Waals surface area contributed by atoms with Gasteiger partial charge in [-0.15, -0.1) is 0 Å². The van der Waals surface area contributed by atoms with Gasteiger partial charge in [0.2, 0.25) is 11.8 Å². The number of halogens is 1. The number of hydrogen-bond donors (Lipinski definition) is 0. The molecule has 4 aliphatic rings. The fourth-order valence-electron chi connectivity index (χ4n) is 6.94. The molecule has 38 heavy (non-hydrogen) atoms. The van der Waals surface area contributed by atoms with Gasteiger partial charge in [-0.2, -0.15) is 0 Å². The molecule has 4 nitrogen and oxygen atoms in total. The number of nitrogens with zero attached hydrogens (tertiary/aromatic N) is 2. The molecule has 2 bridgehead atoms. The number of carbonyl (C=O) groups is 2. The standard InChI is InChI=1S/C33H25BrN2O2/c1-19-8-7-13-27(20(19)2)35-18-33-25-11-5-3-9-23(25)28(24-10-4-6-12-26(24)33)29-30(33)32(38)36(31(29)37)22-16-14-21(34)15-17-22/h3-18,28-30H,1-2H3/t28?,29-,30+,33?/m1/s1. The zero-order valence-electron chi connectivity index (χ0n) is 21.1. The predicted octanol–water partition coefficient (Wildman–Crippen LogP) is 7.02. The van der Waals surface area contributed by atoms with Gasteiger partial charge in [0.25, 0.3) is 0 Å². The molecular weight excluding hydrogens is 536 g/mol. The molecule has 0 saturated carbocycles. The fourth-order valence-corrected chi connectivity index (χ4v) is 7.21. The van der Waals surface area contributed by atoms with Crippen LogP contribution in [0.2, 0.25) is 0 Å². The summed E-state index contributed by atoms with van der Waals surface area (Å²) < 4.78 is 0.898. The SMILES string of the molecule is Cc1cccc(N=CC23c4ccccc4C(c4ccccc42)[C@H]2C(=O)N(c4ccc(Br)cc4)C(=O)[C@H]23)c1C. The Hall–Kier alpha value is -3.83. The lowest BCUT2D eigenvalue weighted by molar-refractivity contribution is -0.122. The van der Waals surface area contributed by atoms with Crippen molar-refractivity contribution in [3.8, 4) is 0 Å². The summed E-state index contributed by atoms with van der Waals surface area (Å²) in [4.78, 5) is 35.1. The maximum absolute atomic E-state index is 14.4. The molecule has 8 rings (SSSR count). The number of anilines is 1. The van der Waals surface area contributed by atoms with Crippen molar-refractivity contribution >= 4 is 45.3 Å². The van der Waals surface area contributed by atoms with Crippen molar-refractivity contribution in [1.29, 1.82) is 0 Å². The van der Waals surface area contributed by atoms with Crippen LogP contribution in [0.4, 0.5) is 11.4 Å². The molecule has 4 aromatic rings. The Morgan fingerprint density at radius 2 is 1.42 bits per heavy atom. The summed E-state index contributed by atoms with van der Waals surface area (Å²) in [7, 11) is 0. The molecule has 2 atom stereocenters. The number of benzene rings is 4. The molecule has 5 heteroatoms. The number of aliphatic imine (C=N–C) groups is 1. The van der Waals surface area contributed by atoms with Crippen LogP contribution in [0.1, 0.15) is 39.3 Å². The van der Waals surface area contributed by atoms with E-state index in [1.165, 1.54) is 4.90 Å². The Morgan fingerprint density at radius 3 is 2.08 bits per heavy atom. The first kappa shape index (κ1) is 23.3. The fraction of sp³-hybridized carbons (Fsp3) is 0.182. The third-order valence-electron chi connectivity index (χ3n) is 8.75. The molecule has 2 amide bonds. The normalized spacial score (nSPS) is 25.0. The summed E-state index contributed by atoms with van der Waals surface area (Å²) in [5.74, 6) is -1.56. The van der Waals surface area contributed by atoms with Crippen LogP contribution in [0.3, 0.4) is 0 Å². The van der Waals surface area contributed by atoms with Gasteiger partial charge in [-0.3, -0.25) is 14.6 Å². The first-order chi connectivity index (χ1) is 18.4. The number of carbonyl (C=O) groups excluding carboxylic acids is 2. The van der Waals surface area contributed by atoms with Gasteiger partial charge in [0, 0.05) is 16.6 Å². The van der Waals surface area contributed by atoms with E-state index >= 15 is 0 Å². The average molecular weight is 561 g/mol. The zero-order valence-corrected chi connectivity index (χ0v) is 22.6. The van der Waals surface area contributed by atoms with Crippen LogP contribution in [0.25, 0.3) is 0 Å². The van der Waals surface area contributed by atoms with E-state index in [0.717, 1.165) is 43.5 Å². The minimum absolute atomic E-state index is 0.138. The molecule has 0 aromatic heterocycles. The average Bonchev–Trinajstić information content (AvgIpc) is 3.21. The first-order valence-electron chi connectivity index (χ1n) is 12.9. The van der Waals surface area contributed by atoms with E-state index in [9.17, 15) is 9.59 Å². The maximum atomic E-state index is 14.4. The highest BCUT2D eigenvalue weighted by molar-refractivity contribution is 9.10. The Morgan fingerprint density at radius 1 is 0.789 bits per heavy atom. The monoisotopic (exact) mass is 560 g/mol. The number of imide groups is 1.